The maximum absolute atomic E-state index is 12.6. The Hall–Kier alpha value is -3.79. The Labute approximate surface area is 214 Å². The van der Waals surface area contributed by atoms with Gasteiger partial charge in [-0.2, -0.15) is 0 Å². The molecular weight excluding hydrogens is 480 g/mol. The van der Waals surface area contributed by atoms with Crippen LogP contribution >= 0.6 is 11.3 Å². The second-order valence-corrected chi connectivity index (χ2v) is 9.19. The van der Waals surface area contributed by atoms with E-state index in [-0.39, 0.29) is 24.7 Å². The summed E-state index contributed by atoms with van der Waals surface area (Å²) in [7, 11) is 4.56. The molecule has 2 heterocycles. The van der Waals surface area contributed by atoms with Gasteiger partial charge in [0.2, 0.25) is 17.6 Å². The van der Waals surface area contributed by atoms with E-state index in [0.717, 1.165) is 18.8 Å². The minimum Gasteiger partial charge on any atom is -0.493 e. The van der Waals surface area contributed by atoms with Crippen molar-refractivity contribution in [3.05, 3.63) is 53.0 Å². The van der Waals surface area contributed by atoms with Crippen LogP contribution in [-0.4, -0.2) is 51.2 Å². The third-order valence-corrected chi connectivity index (χ3v) is 6.71. The van der Waals surface area contributed by atoms with Crippen LogP contribution in [0.15, 0.2) is 41.8 Å². The number of thiazole rings is 1. The molecule has 1 aromatic heterocycles. The third-order valence-electron chi connectivity index (χ3n) is 5.90. The summed E-state index contributed by atoms with van der Waals surface area (Å²) in [5.41, 5.74) is 3.16. The van der Waals surface area contributed by atoms with Crippen molar-refractivity contribution in [2.24, 2.45) is 0 Å². The van der Waals surface area contributed by atoms with Gasteiger partial charge in [-0.3, -0.25) is 9.59 Å². The van der Waals surface area contributed by atoms with Crippen molar-refractivity contribution in [2.45, 2.75) is 25.7 Å². The van der Waals surface area contributed by atoms with Gasteiger partial charge in [0.25, 0.3) is 0 Å². The fourth-order valence-corrected chi connectivity index (χ4v) is 4.91. The highest BCUT2D eigenvalue weighted by molar-refractivity contribution is 7.13. The number of carbonyl (C=O) groups is 2. The Bertz CT molecular complexity index is 1210. The number of benzene rings is 2. The largest absolute Gasteiger partial charge is 0.493 e. The molecule has 0 unspecified atom stereocenters. The molecule has 1 aliphatic rings. The molecule has 10 heteroatoms. The van der Waals surface area contributed by atoms with E-state index in [1.807, 2.05) is 24.3 Å². The predicted molar refractivity (Wildman–Crippen MR) is 141 cm³/mol. The lowest BCUT2D eigenvalue weighted by Gasteiger charge is -2.17. The number of anilines is 3. The first-order valence-electron chi connectivity index (χ1n) is 11.7. The first-order chi connectivity index (χ1) is 17.5. The third kappa shape index (κ3) is 6.06. The van der Waals surface area contributed by atoms with E-state index in [1.54, 1.807) is 17.5 Å². The molecule has 2 aromatic carbocycles. The van der Waals surface area contributed by atoms with Crippen LogP contribution in [-0.2, 0) is 22.4 Å². The van der Waals surface area contributed by atoms with Gasteiger partial charge < -0.3 is 29.7 Å². The summed E-state index contributed by atoms with van der Waals surface area (Å²) in [5.74, 6) is 0.963. The smallest absolute Gasteiger partial charge is 0.230 e. The van der Waals surface area contributed by atoms with E-state index in [1.165, 1.54) is 51.2 Å². The molecule has 4 rings (SSSR count). The van der Waals surface area contributed by atoms with Crippen molar-refractivity contribution in [3.63, 3.8) is 0 Å². The highest BCUT2D eigenvalue weighted by Crippen LogP contribution is 2.40. The number of hydrogen-bond acceptors (Lipinski definition) is 8. The summed E-state index contributed by atoms with van der Waals surface area (Å²) < 4.78 is 16.1. The van der Waals surface area contributed by atoms with Crippen molar-refractivity contribution < 1.29 is 23.8 Å². The summed E-state index contributed by atoms with van der Waals surface area (Å²) in [5, 5.41) is 7.89. The number of nitrogens with one attached hydrogen (secondary N) is 2. The van der Waals surface area contributed by atoms with Gasteiger partial charge in [-0.15, -0.1) is 11.3 Å². The number of rotatable bonds is 10. The molecule has 2 amide bonds. The van der Waals surface area contributed by atoms with E-state index in [0.29, 0.717) is 33.6 Å². The fourth-order valence-electron chi connectivity index (χ4n) is 4.19. The first kappa shape index (κ1) is 25.3. The van der Waals surface area contributed by atoms with Gasteiger partial charge in [-0.25, -0.2) is 4.98 Å². The standard InChI is InChI=1S/C26H30N4O5S/c1-33-21-11-6-17(24(34-2)25(21)35-3)14-22(31)29-26-28-19(16-36-26)15-23(32)27-18-7-9-20(10-8-18)30-12-4-5-13-30/h6-11,16H,4-5,12-15H2,1-3H3,(H,27,32)(H,28,29,31). The zero-order valence-electron chi connectivity index (χ0n) is 20.6. The van der Waals surface area contributed by atoms with Gasteiger partial charge in [0, 0.05) is 35.4 Å². The minimum absolute atomic E-state index is 0.0619. The van der Waals surface area contributed by atoms with Crippen LogP contribution in [0.1, 0.15) is 24.1 Å². The highest BCUT2D eigenvalue weighted by Gasteiger charge is 2.19. The topological polar surface area (TPSA) is 102 Å². The van der Waals surface area contributed by atoms with Crippen LogP contribution in [0.3, 0.4) is 0 Å². The predicted octanol–water partition coefficient (Wildman–Crippen LogP) is 4.13. The number of aromatic nitrogens is 1. The quantitative estimate of drug-likeness (QED) is 0.423. The molecule has 1 saturated heterocycles. The van der Waals surface area contributed by atoms with Crippen LogP contribution < -0.4 is 29.7 Å². The van der Waals surface area contributed by atoms with Crippen molar-refractivity contribution in [1.29, 1.82) is 0 Å². The van der Waals surface area contributed by atoms with Crippen LogP contribution in [0.5, 0.6) is 17.2 Å². The number of carbonyl (C=O) groups excluding carboxylic acids is 2. The Morgan fingerprint density at radius 3 is 2.25 bits per heavy atom. The molecule has 0 bridgehead atoms. The van der Waals surface area contributed by atoms with Gasteiger partial charge in [-0.05, 0) is 43.2 Å². The second kappa shape index (κ2) is 11.8. The average Bonchev–Trinajstić information content (AvgIpc) is 3.56. The summed E-state index contributed by atoms with van der Waals surface area (Å²) >= 11 is 1.27. The van der Waals surface area contributed by atoms with Crippen LogP contribution in [0.4, 0.5) is 16.5 Å². The lowest BCUT2D eigenvalue weighted by atomic mass is 10.1. The maximum atomic E-state index is 12.6. The van der Waals surface area contributed by atoms with Crippen molar-refractivity contribution >= 4 is 39.7 Å². The molecule has 190 valence electrons. The van der Waals surface area contributed by atoms with Crippen LogP contribution in [0.2, 0.25) is 0 Å². The number of nitrogens with zero attached hydrogens (tertiary/aromatic N) is 2. The van der Waals surface area contributed by atoms with E-state index in [2.05, 4.69) is 20.5 Å². The minimum atomic E-state index is -0.260. The monoisotopic (exact) mass is 510 g/mol. The highest BCUT2D eigenvalue weighted by atomic mass is 32.1. The summed E-state index contributed by atoms with van der Waals surface area (Å²) in [6.45, 7) is 2.16. The fraction of sp³-hybridized carbons (Fsp3) is 0.346. The number of amides is 2. The van der Waals surface area contributed by atoms with Crippen LogP contribution in [0, 0.1) is 0 Å². The Morgan fingerprint density at radius 2 is 1.58 bits per heavy atom. The summed E-state index contributed by atoms with van der Waals surface area (Å²) in [6, 6.07) is 11.4. The molecule has 0 radical (unpaired) electrons. The Kier molecular flexibility index (Phi) is 8.27. The normalized spacial score (nSPS) is 12.8. The zero-order chi connectivity index (χ0) is 25.5. The molecule has 1 fully saturated rings. The number of methoxy groups -OCH3 is 3. The molecule has 0 saturated carbocycles. The molecule has 2 N–H and O–H groups in total. The van der Waals surface area contributed by atoms with Crippen molar-refractivity contribution in [3.8, 4) is 17.2 Å². The molecule has 9 nitrogen and oxygen atoms in total. The Morgan fingerprint density at radius 1 is 0.889 bits per heavy atom. The molecule has 36 heavy (non-hydrogen) atoms. The second-order valence-electron chi connectivity index (χ2n) is 8.33. The van der Waals surface area contributed by atoms with E-state index >= 15 is 0 Å². The summed E-state index contributed by atoms with van der Waals surface area (Å²) in [6.07, 6.45) is 2.62. The van der Waals surface area contributed by atoms with E-state index in [4.69, 9.17) is 14.2 Å². The van der Waals surface area contributed by atoms with Gasteiger partial charge in [0.05, 0.1) is 39.9 Å². The lowest BCUT2D eigenvalue weighted by Crippen LogP contribution is -2.18. The number of ether oxygens (including phenoxy) is 3. The summed E-state index contributed by atoms with van der Waals surface area (Å²) in [4.78, 5) is 31.9. The first-order valence-corrected chi connectivity index (χ1v) is 12.6. The molecular formula is C26H30N4O5S. The molecule has 3 aromatic rings. The van der Waals surface area contributed by atoms with Gasteiger partial charge in [0.15, 0.2) is 16.6 Å². The van der Waals surface area contributed by atoms with Gasteiger partial charge in [0.1, 0.15) is 0 Å². The van der Waals surface area contributed by atoms with Gasteiger partial charge in [-0.1, -0.05) is 6.07 Å². The molecule has 0 aliphatic carbocycles. The zero-order valence-corrected chi connectivity index (χ0v) is 21.4. The maximum Gasteiger partial charge on any atom is 0.230 e. The molecule has 1 aliphatic heterocycles. The van der Waals surface area contributed by atoms with Crippen molar-refractivity contribution in [1.82, 2.24) is 4.98 Å². The SMILES string of the molecule is COc1ccc(CC(=O)Nc2nc(CC(=O)Nc3ccc(N4CCCC4)cc3)cs2)c(OC)c1OC. The molecule has 0 spiro atoms. The van der Waals surface area contributed by atoms with E-state index in [9.17, 15) is 9.59 Å². The average molecular weight is 511 g/mol. The van der Waals surface area contributed by atoms with E-state index < -0.39 is 0 Å². The lowest BCUT2D eigenvalue weighted by molar-refractivity contribution is -0.116. The number of hydrogen-bond donors (Lipinski definition) is 2. The van der Waals surface area contributed by atoms with Crippen LogP contribution in [0.25, 0.3) is 0 Å². The Balaban J connectivity index is 1.31. The molecule has 0 atom stereocenters. The van der Waals surface area contributed by atoms with Gasteiger partial charge >= 0.3 is 0 Å². The van der Waals surface area contributed by atoms with Crippen molar-refractivity contribution in [2.75, 3.05) is 50.0 Å².